The van der Waals surface area contributed by atoms with E-state index in [0.717, 1.165) is 17.0 Å². The molecule has 1 saturated carbocycles. The van der Waals surface area contributed by atoms with Crippen LogP contribution in [0.4, 0.5) is 26.3 Å². The zero-order valence-electron chi connectivity index (χ0n) is 21.2. The summed E-state index contributed by atoms with van der Waals surface area (Å²) in [6, 6.07) is 5.47. The highest BCUT2D eigenvalue weighted by Crippen LogP contribution is 2.52. The molecule has 0 radical (unpaired) electrons. The molecule has 1 unspecified atom stereocenters. The fourth-order valence-electron chi connectivity index (χ4n) is 5.17. The summed E-state index contributed by atoms with van der Waals surface area (Å²) in [5.74, 6) is -2.64. The first-order valence-corrected chi connectivity index (χ1v) is 13.6. The summed E-state index contributed by atoms with van der Waals surface area (Å²) in [6.45, 7) is -1.11. The number of sulfone groups is 1. The van der Waals surface area contributed by atoms with Crippen LogP contribution in [-0.2, 0) is 41.8 Å². The van der Waals surface area contributed by atoms with Gasteiger partial charge in [-0.2, -0.15) is 26.3 Å². The van der Waals surface area contributed by atoms with Crippen molar-refractivity contribution in [2.75, 3.05) is 19.5 Å². The summed E-state index contributed by atoms with van der Waals surface area (Å²) >= 11 is 0. The number of fused-ring (bicyclic) bond motifs is 1. The largest absolute Gasteiger partial charge is 0.430 e. The second-order valence-corrected chi connectivity index (χ2v) is 11.9. The van der Waals surface area contributed by atoms with Gasteiger partial charge in [-0.05, 0) is 41.7 Å². The van der Waals surface area contributed by atoms with E-state index in [0.29, 0.717) is 24.3 Å². The normalized spacial score (nSPS) is 20.6. The van der Waals surface area contributed by atoms with Crippen LogP contribution in [0.15, 0.2) is 47.4 Å². The van der Waals surface area contributed by atoms with Crippen LogP contribution >= 0.6 is 0 Å². The molecule has 1 aliphatic carbocycles. The summed E-state index contributed by atoms with van der Waals surface area (Å²) in [5, 5.41) is 18.9. The van der Waals surface area contributed by atoms with E-state index in [9.17, 15) is 49.5 Å². The molecule has 1 fully saturated rings. The Labute approximate surface area is 229 Å². The monoisotopic (exact) mass is 610 g/mol. The molecule has 4 rings (SSSR count). The van der Waals surface area contributed by atoms with Gasteiger partial charge in [-0.1, -0.05) is 30.3 Å². The third-order valence-electron chi connectivity index (χ3n) is 7.55. The number of carbonyl (C=O) groups is 2. The summed E-state index contributed by atoms with van der Waals surface area (Å²) in [5.41, 5.74) is -4.95. The van der Waals surface area contributed by atoms with Gasteiger partial charge in [-0.3, -0.25) is 9.59 Å². The minimum atomic E-state index is -6.16. The molecule has 2 amide bonds. The molecule has 16 heteroatoms. The molecule has 1 heterocycles. The average Bonchev–Trinajstić information content (AvgIpc) is 3.60. The van der Waals surface area contributed by atoms with Gasteiger partial charge in [0.1, 0.15) is 5.60 Å². The van der Waals surface area contributed by atoms with Crippen molar-refractivity contribution in [2.24, 2.45) is 5.73 Å². The second-order valence-electron chi connectivity index (χ2n) is 9.81. The number of carbonyl (C=O) groups excluding carboxylic acids is 2. The van der Waals surface area contributed by atoms with E-state index in [2.05, 4.69) is 0 Å². The number of nitrogens with two attached hydrogens (primary N) is 1. The zero-order valence-corrected chi connectivity index (χ0v) is 22.0. The Balaban J connectivity index is 1.95. The van der Waals surface area contributed by atoms with Gasteiger partial charge in [0.25, 0.3) is 17.4 Å². The molecule has 9 nitrogen and oxygen atoms in total. The molecular weight excluding hydrogens is 586 g/mol. The Morgan fingerprint density at radius 1 is 1.02 bits per heavy atom. The Kier molecular flexibility index (Phi) is 7.25. The van der Waals surface area contributed by atoms with Crippen LogP contribution in [0.5, 0.6) is 0 Å². The third-order valence-corrected chi connectivity index (χ3v) is 9.24. The number of rotatable bonds is 8. The highest BCUT2D eigenvalue weighted by atomic mass is 32.2. The van der Waals surface area contributed by atoms with Crippen molar-refractivity contribution >= 4 is 21.7 Å². The van der Waals surface area contributed by atoms with Crippen molar-refractivity contribution in [3.05, 3.63) is 64.7 Å². The quantitative estimate of drug-likeness (QED) is 0.388. The lowest BCUT2D eigenvalue weighted by Crippen LogP contribution is -2.57. The van der Waals surface area contributed by atoms with Gasteiger partial charge in [0, 0.05) is 19.2 Å². The summed E-state index contributed by atoms with van der Waals surface area (Å²) in [6.07, 6.45) is -11.8. The van der Waals surface area contributed by atoms with Crippen molar-refractivity contribution in [2.45, 2.75) is 53.4 Å². The first-order chi connectivity index (χ1) is 18.8. The van der Waals surface area contributed by atoms with E-state index in [1.165, 1.54) is 13.2 Å². The van der Waals surface area contributed by atoms with Gasteiger partial charge in [-0.25, -0.2) is 8.42 Å². The minimum absolute atomic E-state index is 0.0390. The molecule has 224 valence electrons. The van der Waals surface area contributed by atoms with E-state index >= 15 is 0 Å². The van der Waals surface area contributed by atoms with Crippen LogP contribution in [0.2, 0.25) is 0 Å². The molecule has 1 atom stereocenters. The molecule has 41 heavy (non-hydrogen) atoms. The lowest BCUT2D eigenvalue weighted by atomic mass is 9.80. The third kappa shape index (κ3) is 4.47. The smallest absolute Gasteiger partial charge is 0.395 e. The van der Waals surface area contributed by atoms with Gasteiger partial charge in [0.05, 0.1) is 17.3 Å². The summed E-state index contributed by atoms with van der Waals surface area (Å²) in [7, 11) is -2.76. The fourth-order valence-corrected chi connectivity index (χ4v) is 6.24. The lowest BCUT2D eigenvalue weighted by molar-refractivity contribution is -0.376. The number of aliphatic hydroxyl groups excluding tert-OH is 1. The summed E-state index contributed by atoms with van der Waals surface area (Å²) in [4.78, 5) is 27.6. The SMILES string of the molecule is COC1(C(=O)N2Cc3cc(S(=O)(=O)CCO)ccc3C2(C(N)=O)c2ccc(C(O)(C(F)(F)F)C(F)(F)F)cc2)CC1. The maximum atomic E-state index is 13.7. The Morgan fingerprint density at radius 2 is 1.59 bits per heavy atom. The van der Waals surface area contributed by atoms with Crippen LogP contribution in [0.1, 0.15) is 35.1 Å². The van der Waals surface area contributed by atoms with Crippen LogP contribution < -0.4 is 5.73 Å². The standard InChI is InChI=1S/C25H24F6N2O7S/c1-40-21(8-9-21)20(36)33-13-14-12-17(41(38,39)11-10-34)6-7-18(14)22(33,19(32)35)15-2-4-16(5-3-15)23(37,24(26,27)28)25(29,30)31/h2-7,12,34,37H,8-11,13H2,1H3,(H2,32,35). The number of amides is 2. The Hall–Kier alpha value is -3.21. The van der Waals surface area contributed by atoms with E-state index in [1.807, 2.05) is 0 Å². The van der Waals surface area contributed by atoms with E-state index < -0.39 is 75.2 Å². The fraction of sp³-hybridized carbons (Fsp3) is 0.440. The number of benzene rings is 2. The van der Waals surface area contributed by atoms with Crippen molar-refractivity contribution in [1.82, 2.24) is 4.90 Å². The maximum absolute atomic E-state index is 13.7. The molecule has 1 aliphatic heterocycles. The number of ether oxygens (including phenoxy) is 1. The Morgan fingerprint density at radius 3 is 2.02 bits per heavy atom. The second kappa shape index (κ2) is 9.68. The number of alkyl halides is 6. The average molecular weight is 611 g/mol. The number of aliphatic hydroxyl groups is 2. The van der Waals surface area contributed by atoms with Crippen molar-refractivity contribution in [1.29, 1.82) is 0 Å². The number of hydrogen-bond acceptors (Lipinski definition) is 7. The first-order valence-electron chi connectivity index (χ1n) is 11.9. The molecule has 0 bridgehead atoms. The number of hydrogen-bond donors (Lipinski definition) is 3. The van der Waals surface area contributed by atoms with Crippen molar-refractivity contribution in [3.63, 3.8) is 0 Å². The van der Waals surface area contributed by atoms with Crippen LogP contribution in [0.25, 0.3) is 0 Å². The van der Waals surface area contributed by atoms with E-state index in [-0.39, 0.29) is 34.4 Å². The van der Waals surface area contributed by atoms with Crippen molar-refractivity contribution in [3.8, 4) is 0 Å². The molecule has 2 aliphatic rings. The van der Waals surface area contributed by atoms with Crippen LogP contribution in [0, 0.1) is 0 Å². The maximum Gasteiger partial charge on any atom is 0.430 e. The minimum Gasteiger partial charge on any atom is -0.395 e. The van der Waals surface area contributed by atoms with Gasteiger partial charge in [-0.15, -0.1) is 0 Å². The highest BCUT2D eigenvalue weighted by Gasteiger charge is 2.71. The van der Waals surface area contributed by atoms with E-state index in [4.69, 9.17) is 15.6 Å². The number of primary amides is 1. The molecule has 2 aromatic rings. The van der Waals surface area contributed by atoms with Crippen molar-refractivity contribution < 1.29 is 59.3 Å². The lowest BCUT2D eigenvalue weighted by Gasteiger charge is -2.39. The highest BCUT2D eigenvalue weighted by molar-refractivity contribution is 7.91. The van der Waals surface area contributed by atoms with Crippen LogP contribution in [-0.4, -0.2) is 72.8 Å². The molecule has 0 aromatic heterocycles. The topological polar surface area (TPSA) is 147 Å². The molecule has 0 saturated heterocycles. The number of nitrogens with zero attached hydrogens (tertiary/aromatic N) is 1. The molecule has 2 aromatic carbocycles. The molecule has 4 N–H and O–H groups in total. The van der Waals surface area contributed by atoms with Gasteiger partial charge in [0.15, 0.2) is 15.4 Å². The van der Waals surface area contributed by atoms with Gasteiger partial charge >= 0.3 is 12.4 Å². The zero-order chi connectivity index (χ0) is 30.8. The first kappa shape index (κ1) is 30.7. The molecule has 0 spiro atoms. The van der Waals surface area contributed by atoms with Gasteiger partial charge in [0.2, 0.25) is 0 Å². The summed E-state index contributed by atoms with van der Waals surface area (Å²) < 4.78 is 111. The van der Waals surface area contributed by atoms with Gasteiger partial charge < -0.3 is 25.6 Å². The molecular formula is C25H24F6N2O7S. The number of methoxy groups -OCH3 is 1. The van der Waals surface area contributed by atoms with E-state index in [1.54, 1.807) is 0 Å². The number of halogens is 6. The Bertz CT molecular complexity index is 1470. The predicted molar refractivity (Wildman–Crippen MR) is 128 cm³/mol. The van der Waals surface area contributed by atoms with Crippen LogP contribution in [0.3, 0.4) is 0 Å². The predicted octanol–water partition coefficient (Wildman–Crippen LogP) is 2.01.